The predicted octanol–water partition coefficient (Wildman–Crippen LogP) is 3.85. The van der Waals surface area contributed by atoms with E-state index in [0.29, 0.717) is 22.9 Å². The van der Waals surface area contributed by atoms with Crippen LogP contribution in [0.4, 0.5) is 14.5 Å². The smallest absolute Gasteiger partial charge is 0.341 e. The molecule has 1 atom stereocenters. The molecule has 0 bridgehead atoms. The van der Waals surface area contributed by atoms with Crippen molar-refractivity contribution < 1.29 is 23.4 Å². The molecule has 0 spiro atoms. The highest BCUT2D eigenvalue weighted by Gasteiger charge is 2.11. The van der Waals surface area contributed by atoms with Gasteiger partial charge in [0.05, 0.1) is 11.7 Å². The van der Waals surface area contributed by atoms with E-state index in [1.807, 2.05) is 13.0 Å². The summed E-state index contributed by atoms with van der Waals surface area (Å²) in [7, 11) is 0. The van der Waals surface area contributed by atoms with Crippen LogP contribution in [-0.2, 0) is 4.79 Å². The maximum atomic E-state index is 13.2. The second-order valence-corrected chi connectivity index (χ2v) is 7.09. The molecule has 0 aromatic heterocycles. The second kappa shape index (κ2) is 10.0. The Morgan fingerprint density at radius 1 is 1.25 bits per heavy atom. The summed E-state index contributed by atoms with van der Waals surface area (Å²) in [5, 5.41) is 16.8. The number of hydrogen-bond donors (Lipinski definition) is 4. The van der Waals surface area contributed by atoms with Crippen LogP contribution in [0.3, 0.4) is 0 Å². The third-order valence-electron chi connectivity index (χ3n) is 3.77. The van der Waals surface area contributed by atoms with E-state index in [1.54, 1.807) is 19.1 Å². The first-order chi connectivity index (χ1) is 13.3. The predicted molar refractivity (Wildman–Crippen MR) is 105 cm³/mol. The Balaban J connectivity index is 1.82. The summed E-state index contributed by atoms with van der Waals surface area (Å²) in [6, 6.07) is 8.50. The molecule has 0 saturated heterocycles. The molecule has 28 heavy (non-hydrogen) atoms. The Morgan fingerprint density at radius 3 is 2.64 bits per heavy atom. The maximum Gasteiger partial charge on any atom is 0.341 e. The second-order valence-electron chi connectivity index (χ2n) is 6.04. The van der Waals surface area contributed by atoms with Gasteiger partial charge >= 0.3 is 5.97 Å². The van der Waals surface area contributed by atoms with Crippen molar-refractivity contribution in [3.8, 4) is 5.75 Å². The SMILES string of the molecule is Cc1cc(SCC(=N)C(C)NNc2ccc(F)c(F)c2)ccc1OCC(=O)O. The van der Waals surface area contributed by atoms with Gasteiger partial charge in [0.2, 0.25) is 0 Å². The molecule has 2 aromatic carbocycles. The molecule has 0 radical (unpaired) electrons. The molecule has 0 amide bonds. The topological polar surface area (TPSA) is 94.4 Å². The number of carboxylic acids is 1. The number of thioether (sulfide) groups is 1. The van der Waals surface area contributed by atoms with Gasteiger partial charge in [0, 0.05) is 22.4 Å². The van der Waals surface area contributed by atoms with Crippen LogP contribution < -0.4 is 15.6 Å². The highest BCUT2D eigenvalue weighted by Crippen LogP contribution is 2.26. The molecule has 6 nitrogen and oxygen atoms in total. The van der Waals surface area contributed by atoms with Crippen molar-refractivity contribution in [2.45, 2.75) is 24.8 Å². The van der Waals surface area contributed by atoms with Crippen LogP contribution in [0.5, 0.6) is 5.75 Å². The summed E-state index contributed by atoms with van der Waals surface area (Å²) in [4.78, 5) is 11.5. The lowest BCUT2D eigenvalue weighted by molar-refractivity contribution is -0.139. The standard InChI is InChI=1S/C19H21F2N3O3S/c1-11-7-14(4-6-18(11)27-9-19(25)26)28-10-17(22)12(2)23-24-13-3-5-15(20)16(21)8-13/h3-8,12,22-24H,9-10H2,1-2H3,(H,25,26). The van der Waals surface area contributed by atoms with E-state index in [1.165, 1.54) is 17.8 Å². The van der Waals surface area contributed by atoms with E-state index in [2.05, 4.69) is 10.9 Å². The van der Waals surface area contributed by atoms with E-state index in [0.717, 1.165) is 22.6 Å². The monoisotopic (exact) mass is 409 g/mol. The van der Waals surface area contributed by atoms with Crippen molar-refractivity contribution in [3.63, 3.8) is 0 Å². The zero-order chi connectivity index (χ0) is 20.7. The lowest BCUT2D eigenvalue weighted by Crippen LogP contribution is -2.38. The molecule has 0 aliphatic rings. The third kappa shape index (κ3) is 6.50. The zero-order valence-electron chi connectivity index (χ0n) is 15.4. The van der Waals surface area contributed by atoms with Crippen molar-refractivity contribution >= 4 is 29.1 Å². The van der Waals surface area contributed by atoms with Gasteiger partial charge in [-0.3, -0.25) is 0 Å². The number of halogens is 2. The van der Waals surface area contributed by atoms with Gasteiger partial charge in [-0.25, -0.2) is 19.0 Å². The molecule has 0 aliphatic heterocycles. The fraction of sp³-hybridized carbons (Fsp3) is 0.263. The minimum Gasteiger partial charge on any atom is -0.482 e. The Labute approximate surface area is 165 Å². The molecule has 2 aromatic rings. The summed E-state index contributed by atoms with van der Waals surface area (Å²) in [6.07, 6.45) is 0. The molecule has 9 heteroatoms. The Kier molecular flexibility index (Phi) is 7.77. The normalized spacial score (nSPS) is 11.7. The highest BCUT2D eigenvalue weighted by atomic mass is 32.2. The number of hydrogen-bond acceptors (Lipinski definition) is 6. The summed E-state index contributed by atoms with van der Waals surface area (Å²) in [6.45, 7) is 3.21. The highest BCUT2D eigenvalue weighted by molar-refractivity contribution is 8.00. The molecule has 0 fully saturated rings. The van der Waals surface area contributed by atoms with E-state index in [-0.39, 0.29) is 6.04 Å². The molecular formula is C19H21F2N3O3S. The number of carbonyl (C=O) groups is 1. The molecule has 4 N–H and O–H groups in total. The summed E-state index contributed by atoms with van der Waals surface area (Å²) in [5.41, 5.74) is 7.21. The van der Waals surface area contributed by atoms with Crippen molar-refractivity contribution in [3.05, 3.63) is 53.6 Å². The first-order valence-corrected chi connectivity index (χ1v) is 9.36. The number of benzene rings is 2. The van der Waals surface area contributed by atoms with E-state index in [4.69, 9.17) is 15.3 Å². The van der Waals surface area contributed by atoms with Crippen LogP contribution in [0.25, 0.3) is 0 Å². The van der Waals surface area contributed by atoms with Crippen LogP contribution >= 0.6 is 11.8 Å². The minimum atomic E-state index is -1.04. The van der Waals surface area contributed by atoms with Gasteiger partial charge < -0.3 is 20.7 Å². The van der Waals surface area contributed by atoms with Gasteiger partial charge in [0.15, 0.2) is 18.2 Å². The van der Waals surface area contributed by atoms with Crippen molar-refractivity contribution in [1.29, 1.82) is 5.41 Å². The number of hydrazine groups is 1. The maximum absolute atomic E-state index is 13.2. The minimum absolute atomic E-state index is 0.333. The van der Waals surface area contributed by atoms with Gasteiger partial charge in [-0.05, 0) is 49.7 Å². The molecule has 0 aliphatic carbocycles. The van der Waals surface area contributed by atoms with Gasteiger partial charge in [-0.15, -0.1) is 11.8 Å². The van der Waals surface area contributed by atoms with E-state index in [9.17, 15) is 13.6 Å². The van der Waals surface area contributed by atoms with E-state index < -0.39 is 24.2 Å². The molecule has 0 heterocycles. The third-order valence-corrected chi connectivity index (χ3v) is 4.81. The first kappa shape index (κ1) is 21.6. The Hall–Kier alpha value is -2.65. The number of carboxylic acid groups (broad SMARTS) is 1. The number of ether oxygens (including phenoxy) is 1. The Bertz CT molecular complexity index is 864. The fourth-order valence-electron chi connectivity index (χ4n) is 2.15. The first-order valence-electron chi connectivity index (χ1n) is 8.38. The summed E-state index contributed by atoms with van der Waals surface area (Å²) < 4.78 is 31.3. The van der Waals surface area contributed by atoms with Gasteiger partial charge in [-0.1, -0.05) is 0 Å². The molecule has 0 saturated carbocycles. The number of nitrogens with one attached hydrogen (secondary N) is 3. The number of aliphatic carboxylic acids is 1. The average Bonchev–Trinajstić information content (AvgIpc) is 2.65. The molecule has 150 valence electrons. The van der Waals surface area contributed by atoms with Crippen LogP contribution in [0.2, 0.25) is 0 Å². The molecule has 2 rings (SSSR count). The summed E-state index contributed by atoms with van der Waals surface area (Å²) in [5.74, 6) is -1.98. The molecule has 1 unspecified atom stereocenters. The van der Waals surface area contributed by atoms with Crippen LogP contribution in [0.1, 0.15) is 12.5 Å². The molecular weight excluding hydrogens is 388 g/mol. The largest absolute Gasteiger partial charge is 0.482 e. The van der Waals surface area contributed by atoms with Gasteiger partial charge in [-0.2, -0.15) is 0 Å². The van der Waals surface area contributed by atoms with E-state index >= 15 is 0 Å². The number of aryl methyl sites for hydroxylation is 1. The Morgan fingerprint density at radius 2 is 2.00 bits per heavy atom. The lowest BCUT2D eigenvalue weighted by Gasteiger charge is -2.17. The quantitative estimate of drug-likeness (QED) is 0.271. The number of anilines is 1. The lowest BCUT2D eigenvalue weighted by atomic mass is 10.2. The van der Waals surface area contributed by atoms with Crippen LogP contribution in [-0.4, -0.2) is 35.2 Å². The fourth-order valence-corrected chi connectivity index (χ4v) is 3.15. The average molecular weight is 409 g/mol. The van der Waals surface area contributed by atoms with Gasteiger partial charge in [0.25, 0.3) is 0 Å². The zero-order valence-corrected chi connectivity index (χ0v) is 16.2. The van der Waals surface area contributed by atoms with Crippen LogP contribution in [0, 0.1) is 24.0 Å². The van der Waals surface area contributed by atoms with Crippen molar-refractivity contribution in [2.75, 3.05) is 17.8 Å². The van der Waals surface area contributed by atoms with Crippen molar-refractivity contribution in [1.82, 2.24) is 5.43 Å². The van der Waals surface area contributed by atoms with Crippen molar-refractivity contribution in [2.24, 2.45) is 0 Å². The number of rotatable bonds is 10. The van der Waals surface area contributed by atoms with Gasteiger partial charge in [0.1, 0.15) is 5.75 Å². The van der Waals surface area contributed by atoms with Crippen LogP contribution in [0.15, 0.2) is 41.3 Å². The summed E-state index contributed by atoms with van der Waals surface area (Å²) >= 11 is 1.46.